The number of carbonyl (C=O) groups excluding carboxylic acids is 7. The maximum Gasteiger partial charge on any atom is 0.413 e. The van der Waals surface area contributed by atoms with Gasteiger partial charge in [0.05, 0.1) is 21.1 Å². The van der Waals surface area contributed by atoms with Crippen molar-refractivity contribution in [3.8, 4) is 0 Å². The predicted molar refractivity (Wildman–Crippen MR) is 310 cm³/mol. The molecule has 436 valence electrons. The molecule has 5 aromatic rings. The van der Waals surface area contributed by atoms with Gasteiger partial charge in [-0.25, -0.2) is 9.59 Å². The van der Waals surface area contributed by atoms with Gasteiger partial charge in [-0.05, 0) is 90.8 Å². The number of aryl methyl sites for hydroxylation is 2. The van der Waals surface area contributed by atoms with Gasteiger partial charge in [0.15, 0.2) is 0 Å². The van der Waals surface area contributed by atoms with E-state index in [1.807, 2.05) is 0 Å². The Morgan fingerprint density at radius 3 is 1.60 bits per heavy atom. The average molecular weight is 1220 g/mol. The van der Waals surface area contributed by atoms with E-state index in [2.05, 4.69) is 36.6 Å². The van der Waals surface area contributed by atoms with Crippen LogP contribution in [0.25, 0.3) is 21.8 Å². The van der Waals surface area contributed by atoms with Crippen molar-refractivity contribution in [1.29, 1.82) is 0 Å². The van der Waals surface area contributed by atoms with Gasteiger partial charge in [0.1, 0.15) is 29.2 Å². The lowest BCUT2D eigenvalue weighted by molar-refractivity contribution is -0.156. The van der Waals surface area contributed by atoms with Crippen LogP contribution in [0.5, 0.6) is 0 Å². The molecule has 12 N–H and O–H groups in total. The first kappa shape index (κ1) is 62.2. The van der Waals surface area contributed by atoms with Crippen LogP contribution in [0.4, 0.5) is 9.59 Å². The minimum absolute atomic E-state index is 0.0211. The molecule has 0 spiro atoms. The highest BCUT2D eigenvalue weighted by molar-refractivity contribution is 6.39. The number of H-pyrrole nitrogens is 2. The molecule has 7 atom stereocenters. The number of halogens is 5. The summed E-state index contributed by atoms with van der Waals surface area (Å²) in [4.78, 5) is 123. The number of nitrogens with zero attached hydrogens (tertiary/aromatic N) is 1. The van der Waals surface area contributed by atoms with E-state index < -0.39 is 113 Å². The molecule has 25 heteroatoms. The van der Waals surface area contributed by atoms with Gasteiger partial charge in [-0.15, -0.1) is 11.6 Å². The number of rotatable bonds is 21. The normalized spacial score (nSPS) is 19.1. The first-order valence-electron chi connectivity index (χ1n) is 26.5. The third-order valence-electron chi connectivity index (χ3n) is 15.5. The van der Waals surface area contributed by atoms with Gasteiger partial charge >= 0.3 is 12.2 Å². The molecule has 7 rings (SSSR count). The van der Waals surface area contributed by atoms with Gasteiger partial charge in [0.2, 0.25) is 29.5 Å². The summed E-state index contributed by atoms with van der Waals surface area (Å²) in [6.45, 7) is 10.8. The number of ether oxygens (including phenoxy) is 1. The smallest absolute Gasteiger partial charge is 0.413 e. The van der Waals surface area contributed by atoms with E-state index in [4.69, 9.17) is 74.2 Å². The first-order valence-corrected chi connectivity index (χ1v) is 28.5. The molecular weight excluding hydrogens is 1150 g/mol. The largest absolute Gasteiger partial charge is 0.465 e. The molecule has 0 bridgehead atoms. The van der Waals surface area contributed by atoms with Crippen LogP contribution in [-0.4, -0.2) is 108 Å². The molecule has 0 saturated heterocycles. The number of fused-ring (bicyclic) bond motifs is 6. The van der Waals surface area contributed by atoms with E-state index in [1.54, 1.807) is 83.1 Å². The summed E-state index contributed by atoms with van der Waals surface area (Å²) in [5.41, 5.74) is 8.88. The zero-order valence-corrected chi connectivity index (χ0v) is 49.5. The fourth-order valence-electron chi connectivity index (χ4n) is 11.1. The van der Waals surface area contributed by atoms with Crippen molar-refractivity contribution in [2.45, 2.75) is 135 Å². The number of nitrogens with two attached hydrogens (primary N) is 2. The number of amides is 8. The van der Waals surface area contributed by atoms with Crippen molar-refractivity contribution in [2.75, 3.05) is 5.88 Å². The highest BCUT2D eigenvalue weighted by Crippen LogP contribution is 2.41. The Balaban J connectivity index is 1.34. The number of carbonyl (C=O) groups is 8. The third-order valence-corrected chi connectivity index (χ3v) is 16.8. The van der Waals surface area contributed by atoms with E-state index >= 15 is 19.2 Å². The Kier molecular flexibility index (Phi) is 19.1. The highest BCUT2D eigenvalue weighted by atomic mass is 35.5. The van der Waals surface area contributed by atoms with Gasteiger partial charge in [-0.1, -0.05) is 125 Å². The number of hydrogen-bond donors (Lipinski definition) is 10. The lowest BCUT2D eigenvalue weighted by atomic mass is 9.78. The van der Waals surface area contributed by atoms with Crippen LogP contribution < -0.4 is 38.1 Å². The second kappa shape index (κ2) is 25.0. The number of hydrogen-bond acceptors (Lipinski definition) is 9. The molecule has 2 aliphatic carbocycles. The molecule has 81 heavy (non-hydrogen) atoms. The molecule has 0 aliphatic heterocycles. The van der Waals surface area contributed by atoms with E-state index in [1.165, 1.54) is 19.9 Å². The van der Waals surface area contributed by atoms with Crippen LogP contribution in [-0.2, 0) is 65.7 Å². The fourth-order valence-corrected chi connectivity index (χ4v) is 12.5. The maximum absolute atomic E-state index is 15.7. The Hall–Kier alpha value is -6.45. The molecular formula is C56H67Cl5N10O10. The fraction of sp³-hybridized carbons (Fsp3) is 0.464. The van der Waals surface area contributed by atoms with Gasteiger partial charge in [0, 0.05) is 63.4 Å². The highest BCUT2D eigenvalue weighted by Gasteiger charge is 2.55. The predicted octanol–water partition coefficient (Wildman–Crippen LogP) is 7.79. The molecule has 8 amide bonds. The molecule has 0 fully saturated rings. The minimum Gasteiger partial charge on any atom is -0.465 e. The Morgan fingerprint density at radius 1 is 0.716 bits per heavy atom. The van der Waals surface area contributed by atoms with E-state index in [0.29, 0.717) is 59.9 Å². The number of alkyl halides is 1. The SMILES string of the molecule is CC(C)[C@H](NC(=O)[C@@]1(NC(=O)C([C@@H](C)CCCl)N(Cc2ccccc2)C(=O)O[C@](NC(=O)O)(C(=O)N[C@]2(C(=O)N[C@H](C(N)=O)C(C)C)CCc3[nH]c4c(Cl)cc(Cl)cc4c3C2)C(C)C)CCc2[nH]c3c(Cl)cc(Cl)cc3c2C1)C(N)=O. The molecule has 1 unspecified atom stereocenters. The maximum atomic E-state index is 15.7. The van der Waals surface area contributed by atoms with Crippen LogP contribution in [0.15, 0.2) is 54.6 Å². The average Bonchev–Trinajstić information content (AvgIpc) is 2.89. The lowest BCUT2D eigenvalue weighted by Gasteiger charge is -2.44. The molecule has 0 radical (unpaired) electrons. The van der Waals surface area contributed by atoms with Gasteiger partial charge in [-0.3, -0.25) is 39.0 Å². The Bertz CT molecular complexity index is 3280. The second-order valence-corrected chi connectivity index (χ2v) is 24.2. The number of aromatic nitrogens is 2. The van der Waals surface area contributed by atoms with Crippen molar-refractivity contribution in [3.05, 3.63) is 103 Å². The molecule has 2 aromatic heterocycles. The van der Waals surface area contributed by atoms with Crippen molar-refractivity contribution in [1.82, 2.24) is 41.5 Å². The standard InChI is InChI=1S/C56H67Cl5N10O10/c1-26(2)41(46(62)72)66-49(75)54(16-13-39-35(23-54)33-19-31(58)21-37(60)43(33)64-39)68-48(74)45(29(7)15-18-57)71(25-30-11-9-8-10-12-30)53(80)81-56(28(5)6,70-52(78)79)51(77)69-55(50(76)67-42(27(3)4)47(63)73)17-14-40-36(24-55)34-20-32(59)22-38(61)44(34)65-40/h8-12,19-22,26-29,41-42,45,64-65,70H,13-18,23-25H2,1-7H3,(H2,62,72)(H2,63,73)(H,66,75)(H,67,76)(H,68,74)(H,69,77)(H,78,79)/t29-,41-,42-,45?,54+,55+,56-/m0/s1. The quantitative estimate of drug-likeness (QED) is 0.0251. The van der Waals surface area contributed by atoms with Crippen LogP contribution in [0.3, 0.4) is 0 Å². The molecule has 2 aliphatic rings. The monoisotopic (exact) mass is 1210 g/mol. The second-order valence-electron chi connectivity index (χ2n) is 22.1. The van der Waals surface area contributed by atoms with E-state index in [-0.39, 0.29) is 60.9 Å². The summed E-state index contributed by atoms with van der Waals surface area (Å²) in [6, 6.07) is 10.9. The van der Waals surface area contributed by atoms with Crippen LogP contribution in [0.1, 0.15) is 95.8 Å². The zero-order chi connectivity index (χ0) is 59.6. The van der Waals surface area contributed by atoms with Crippen molar-refractivity contribution in [3.63, 3.8) is 0 Å². The van der Waals surface area contributed by atoms with Crippen LogP contribution in [0, 0.1) is 23.7 Å². The number of benzene rings is 3. The van der Waals surface area contributed by atoms with Crippen LogP contribution >= 0.6 is 58.0 Å². The summed E-state index contributed by atoms with van der Waals surface area (Å²) in [5.74, 6) is -8.62. The summed E-state index contributed by atoms with van der Waals surface area (Å²) < 4.78 is 6.28. The third kappa shape index (κ3) is 12.9. The summed E-state index contributed by atoms with van der Waals surface area (Å²) in [6.07, 6.45) is -3.41. The number of nitrogens with one attached hydrogen (secondary N) is 7. The van der Waals surface area contributed by atoms with Crippen LogP contribution in [0.2, 0.25) is 20.1 Å². The van der Waals surface area contributed by atoms with Gasteiger partial charge < -0.3 is 52.5 Å². The molecule has 3 aromatic carbocycles. The first-order chi connectivity index (χ1) is 38.1. The summed E-state index contributed by atoms with van der Waals surface area (Å²) in [5, 5.41) is 26.3. The Morgan fingerprint density at radius 2 is 1.19 bits per heavy atom. The summed E-state index contributed by atoms with van der Waals surface area (Å²) >= 11 is 32.7. The van der Waals surface area contributed by atoms with Crippen molar-refractivity contribution in [2.24, 2.45) is 35.1 Å². The number of primary amides is 2. The van der Waals surface area contributed by atoms with Crippen molar-refractivity contribution >= 4 is 127 Å². The summed E-state index contributed by atoms with van der Waals surface area (Å²) in [7, 11) is 0. The molecule has 2 heterocycles. The van der Waals surface area contributed by atoms with Gasteiger partial charge in [0.25, 0.3) is 11.6 Å². The topological polar surface area (TPSA) is 313 Å². The van der Waals surface area contributed by atoms with Gasteiger partial charge in [-0.2, -0.15) is 0 Å². The molecule has 0 saturated carbocycles. The van der Waals surface area contributed by atoms with E-state index in [0.717, 1.165) is 4.90 Å². The van der Waals surface area contributed by atoms with Crippen molar-refractivity contribution < 1.29 is 48.2 Å². The minimum atomic E-state index is -2.88. The number of aromatic amines is 2. The zero-order valence-electron chi connectivity index (χ0n) is 45.7. The Labute approximate surface area is 493 Å². The lowest BCUT2D eigenvalue weighted by Crippen LogP contribution is -2.72. The molecule has 20 nitrogen and oxygen atoms in total. The number of carboxylic acid groups (broad SMARTS) is 1. The van der Waals surface area contributed by atoms with E-state index in [9.17, 15) is 24.3 Å².